The van der Waals surface area contributed by atoms with E-state index in [4.69, 9.17) is 4.74 Å². The van der Waals surface area contributed by atoms with Crippen LogP contribution in [0, 0.1) is 11.8 Å². The Morgan fingerprint density at radius 1 is 1.00 bits per heavy atom. The molecule has 1 aromatic carbocycles. The first-order chi connectivity index (χ1) is 16.1. The minimum absolute atomic E-state index is 0. The Morgan fingerprint density at radius 3 is 2.24 bits per heavy atom. The first-order valence-electron chi connectivity index (χ1n) is 12.0. The van der Waals surface area contributed by atoms with Gasteiger partial charge < -0.3 is 31.3 Å². The molecule has 0 aliphatic carbocycles. The molecule has 3 aliphatic heterocycles. The Hall–Kier alpha value is -1.51. The lowest BCUT2D eigenvalue weighted by atomic mass is 9.73. The van der Waals surface area contributed by atoms with Crippen LogP contribution in [0.15, 0.2) is 65.4 Å². The number of aliphatic hydroxyl groups is 1. The number of thiophene rings is 2. The van der Waals surface area contributed by atoms with Gasteiger partial charge in [-0.1, -0.05) is 30.3 Å². The minimum atomic E-state index is -1.51. The lowest BCUT2D eigenvalue weighted by molar-refractivity contribution is -0.947. The molecule has 0 saturated carbocycles. The fourth-order valence-electron chi connectivity index (χ4n) is 5.84. The first kappa shape index (κ1) is 25.6. The average Bonchev–Trinajstić information content (AvgIpc) is 3.58. The largest absolute Gasteiger partial charge is 1.00 e. The van der Waals surface area contributed by atoms with Gasteiger partial charge in [0.05, 0.1) is 32.8 Å². The van der Waals surface area contributed by atoms with E-state index in [1.165, 1.54) is 48.6 Å². The van der Waals surface area contributed by atoms with E-state index in [0.29, 0.717) is 18.3 Å². The van der Waals surface area contributed by atoms with Crippen LogP contribution in [0.1, 0.15) is 35.4 Å². The number of carbonyl (C=O) groups is 1. The third-order valence-electron chi connectivity index (χ3n) is 7.63. The second kappa shape index (κ2) is 11.0. The van der Waals surface area contributed by atoms with E-state index in [1.807, 2.05) is 65.4 Å². The van der Waals surface area contributed by atoms with Crippen LogP contribution in [0.5, 0.6) is 5.75 Å². The molecule has 3 aromatic rings. The number of ether oxygens (including phenoxy) is 1. The number of carbonyl (C=O) groups excluding carboxylic acids is 1. The summed E-state index contributed by atoms with van der Waals surface area (Å²) in [4.78, 5) is 15.1. The summed E-state index contributed by atoms with van der Waals surface area (Å²) >= 11 is 2.93. The molecule has 5 heterocycles. The zero-order valence-corrected chi connectivity index (χ0v) is 22.5. The molecular weight excluding hydrogens is 530 g/mol. The molecule has 0 radical (unpaired) electrons. The van der Waals surface area contributed by atoms with Crippen molar-refractivity contribution >= 4 is 28.5 Å². The molecule has 6 rings (SSSR count). The summed E-state index contributed by atoms with van der Waals surface area (Å²) in [5, 5.41) is 15.6. The van der Waals surface area contributed by atoms with Crippen LogP contribution < -0.4 is 21.7 Å². The Labute approximate surface area is 220 Å². The quantitative estimate of drug-likeness (QED) is 0.305. The summed E-state index contributed by atoms with van der Waals surface area (Å²) in [6.45, 7) is 5.30. The van der Waals surface area contributed by atoms with Crippen molar-refractivity contribution in [2.75, 3.05) is 32.8 Å². The standard InChI is InChI=1S/C27H32NO3S2.BrH/c29-24(27(30,25-9-4-17-32-25)26-10-5-18-33-26)19-22-20-28(14-11-21(22)12-15-28)13-6-16-31-23-7-2-1-3-8-23;/h1-5,7-10,17-18,21-22,30H,6,11-16,19-20H2;1H/q+1;/p-1/t21?,22-,28?;/m0./s1. The number of hydrogen-bond acceptors (Lipinski definition) is 5. The van der Waals surface area contributed by atoms with Gasteiger partial charge in [0.25, 0.3) is 0 Å². The van der Waals surface area contributed by atoms with Crippen molar-refractivity contribution in [1.82, 2.24) is 0 Å². The summed E-state index contributed by atoms with van der Waals surface area (Å²) in [6, 6.07) is 17.6. The number of para-hydroxylation sites is 1. The van der Waals surface area contributed by atoms with Crippen molar-refractivity contribution in [3.63, 3.8) is 0 Å². The van der Waals surface area contributed by atoms with Gasteiger partial charge in [-0.05, 0) is 40.9 Å². The molecule has 7 heteroatoms. The second-order valence-electron chi connectivity index (χ2n) is 9.60. The summed E-state index contributed by atoms with van der Waals surface area (Å²) < 4.78 is 7.02. The average molecular weight is 563 g/mol. The predicted octanol–water partition coefficient (Wildman–Crippen LogP) is 2.33. The van der Waals surface area contributed by atoms with Gasteiger partial charge >= 0.3 is 0 Å². The van der Waals surface area contributed by atoms with E-state index in [2.05, 4.69) is 0 Å². The van der Waals surface area contributed by atoms with E-state index in [0.717, 1.165) is 46.1 Å². The van der Waals surface area contributed by atoms with Crippen LogP contribution in [0.25, 0.3) is 0 Å². The van der Waals surface area contributed by atoms with Gasteiger partial charge in [0.15, 0.2) is 11.4 Å². The molecule has 2 aromatic heterocycles. The summed E-state index contributed by atoms with van der Waals surface area (Å²) in [7, 11) is 0. The maximum absolute atomic E-state index is 13.7. The highest BCUT2D eigenvalue weighted by Crippen LogP contribution is 2.43. The topological polar surface area (TPSA) is 46.5 Å². The van der Waals surface area contributed by atoms with Crippen LogP contribution in [0.2, 0.25) is 0 Å². The van der Waals surface area contributed by atoms with E-state index >= 15 is 0 Å². The summed E-state index contributed by atoms with van der Waals surface area (Å²) in [5.41, 5.74) is -1.51. The molecule has 2 bridgehead atoms. The Bertz CT molecular complexity index is 997. The third-order valence-corrected chi connectivity index (χ3v) is 9.59. The number of Topliss-reactive ketones (excluding diaryl/α,β-unsaturated/α-hetero) is 1. The molecule has 3 aliphatic rings. The van der Waals surface area contributed by atoms with E-state index in [9.17, 15) is 9.90 Å². The van der Waals surface area contributed by atoms with E-state index in [1.54, 1.807) is 0 Å². The van der Waals surface area contributed by atoms with Gasteiger partial charge in [-0.3, -0.25) is 4.79 Å². The Balaban J connectivity index is 0.00000274. The highest BCUT2D eigenvalue weighted by Gasteiger charge is 2.49. The van der Waals surface area contributed by atoms with E-state index < -0.39 is 5.60 Å². The van der Waals surface area contributed by atoms with Gasteiger partial charge in [-0.2, -0.15) is 0 Å². The number of benzene rings is 1. The van der Waals surface area contributed by atoms with Crippen LogP contribution in [0.4, 0.5) is 0 Å². The van der Waals surface area contributed by atoms with Crippen LogP contribution in [0.3, 0.4) is 0 Å². The zero-order chi connectivity index (χ0) is 22.7. The third kappa shape index (κ3) is 5.19. The van der Waals surface area contributed by atoms with Crippen molar-refractivity contribution in [2.24, 2.45) is 11.8 Å². The van der Waals surface area contributed by atoms with E-state index in [-0.39, 0.29) is 22.8 Å². The van der Waals surface area contributed by atoms with Crippen LogP contribution >= 0.6 is 22.7 Å². The number of rotatable bonds is 10. The molecule has 3 fully saturated rings. The normalized spacial score (nSPS) is 23.9. The zero-order valence-electron chi connectivity index (χ0n) is 19.3. The maximum Gasteiger partial charge on any atom is 0.192 e. The predicted molar refractivity (Wildman–Crippen MR) is 134 cm³/mol. The highest BCUT2D eigenvalue weighted by molar-refractivity contribution is 7.12. The van der Waals surface area contributed by atoms with Gasteiger partial charge in [-0.25, -0.2) is 0 Å². The Kier molecular flexibility index (Phi) is 8.31. The molecular formula is C27H32BrNO3S2. The lowest BCUT2D eigenvalue weighted by Gasteiger charge is -2.53. The van der Waals surface area contributed by atoms with Gasteiger partial charge in [0.2, 0.25) is 0 Å². The summed E-state index contributed by atoms with van der Waals surface area (Å²) in [6.07, 6.45) is 3.86. The number of halogens is 1. The van der Waals surface area contributed by atoms with Gasteiger partial charge in [0.1, 0.15) is 5.75 Å². The van der Waals surface area contributed by atoms with Crippen molar-refractivity contribution < 1.29 is 36.1 Å². The van der Waals surface area contributed by atoms with Crippen molar-refractivity contribution in [2.45, 2.75) is 31.3 Å². The monoisotopic (exact) mass is 561 g/mol. The van der Waals surface area contributed by atoms with Crippen molar-refractivity contribution in [1.29, 1.82) is 0 Å². The molecule has 182 valence electrons. The van der Waals surface area contributed by atoms with Crippen LogP contribution in [-0.4, -0.2) is 48.2 Å². The number of hydrogen-bond donors (Lipinski definition) is 1. The first-order valence-corrected chi connectivity index (χ1v) is 13.7. The molecule has 1 atom stereocenters. The summed E-state index contributed by atoms with van der Waals surface area (Å²) in [5.74, 6) is 1.84. The number of ketones is 1. The molecule has 4 nitrogen and oxygen atoms in total. The van der Waals surface area contributed by atoms with Crippen molar-refractivity contribution in [3.8, 4) is 5.75 Å². The Morgan fingerprint density at radius 2 is 1.65 bits per heavy atom. The molecule has 34 heavy (non-hydrogen) atoms. The molecule has 3 saturated heterocycles. The van der Waals surface area contributed by atoms with Gasteiger partial charge in [-0.15, -0.1) is 22.7 Å². The molecule has 0 unspecified atom stereocenters. The fourth-order valence-corrected chi connectivity index (χ4v) is 7.61. The molecule has 0 spiro atoms. The number of quaternary nitrogens is 1. The van der Waals surface area contributed by atoms with Crippen LogP contribution in [-0.2, 0) is 10.4 Å². The number of piperidine rings is 3. The fraction of sp³-hybridized carbons (Fsp3) is 0.444. The van der Waals surface area contributed by atoms with Crippen molar-refractivity contribution in [3.05, 3.63) is 75.1 Å². The lowest BCUT2D eigenvalue weighted by Crippen LogP contribution is -3.00. The number of fused-ring (bicyclic) bond motifs is 3. The number of nitrogens with zero attached hydrogens (tertiary/aromatic N) is 1. The SMILES string of the molecule is O=C(C[C@H]1C[N+]2(CCCOc3ccccc3)CCC1CC2)C(O)(c1cccs1)c1cccs1.[Br-]. The minimum Gasteiger partial charge on any atom is -1.00 e. The highest BCUT2D eigenvalue weighted by atomic mass is 79.9. The molecule has 0 amide bonds. The molecule has 1 N–H and O–H groups in total. The second-order valence-corrected chi connectivity index (χ2v) is 11.5. The maximum atomic E-state index is 13.7. The smallest absolute Gasteiger partial charge is 0.192 e. The van der Waals surface area contributed by atoms with Gasteiger partial charge in [0, 0.05) is 41.4 Å².